The molecule has 0 aliphatic rings. The van der Waals surface area contributed by atoms with Gasteiger partial charge >= 0.3 is 0 Å². The molecule has 4 heteroatoms. The maximum atomic E-state index is 12.4. The predicted molar refractivity (Wildman–Crippen MR) is 103 cm³/mol. The van der Waals surface area contributed by atoms with Crippen LogP contribution in [0.3, 0.4) is 0 Å². The third kappa shape index (κ3) is 6.00. The summed E-state index contributed by atoms with van der Waals surface area (Å²) >= 11 is 0. The van der Waals surface area contributed by atoms with Gasteiger partial charge in [0.2, 0.25) is 0 Å². The molecule has 2 aromatic rings. The van der Waals surface area contributed by atoms with Crippen LogP contribution in [0.1, 0.15) is 30.9 Å². The summed E-state index contributed by atoms with van der Waals surface area (Å²) in [7, 11) is 0. The molecule has 1 atom stereocenters. The van der Waals surface area contributed by atoms with E-state index < -0.39 is 5.66 Å². The van der Waals surface area contributed by atoms with Crippen molar-refractivity contribution in [2.75, 3.05) is 6.54 Å². The topological polar surface area (TPSA) is 81.1 Å². The van der Waals surface area contributed by atoms with Crippen LogP contribution in [-0.2, 0) is 17.6 Å². The second kappa shape index (κ2) is 9.35. The Morgan fingerprint density at radius 2 is 1.48 bits per heavy atom. The molecule has 1 unspecified atom stereocenters. The monoisotopic (exact) mass is 339 g/mol. The number of benzene rings is 2. The molecule has 5 N–H and O–H groups in total. The Kier molecular flexibility index (Phi) is 7.16. The van der Waals surface area contributed by atoms with Crippen molar-refractivity contribution in [2.24, 2.45) is 17.4 Å². The van der Waals surface area contributed by atoms with Crippen LogP contribution in [0.15, 0.2) is 60.7 Å². The summed E-state index contributed by atoms with van der Waals surface area (Å²) in [6.07, 6.45) is 3.42. The molecule has 0 heterocycles. The van der Waals surface area contributed by atoms with Gasteiger partial charge in [0, 0.05) is 6.54 Å². The minimum Gasteiger partial charge on any atom is -0.353 e. The molecular weight excluding hydrogens is 310 g/mol. The van der Waals surface area contributed by atoms with Gasteiger partial charge in [-0.25, -0.2) is 0 Å². The third-order valence-electron chi connectivity index (χ3n) is 4.69. The van der Waals surface area contributed by atoms with E-state index in [1.807, 2.05) is 43.3 Å². The van der Waals surface area contributed by atoms with Gasteiger partial charge in [-0.1, -0.05) is 67.6 Å². The van der Waals surface area contributed by atoms with Crippen molar-refractivity contribution in [1.29, 1.82) is 0 Å². The fourth-order valence-corrected chi connectivity index (χ4v) is 2.78. The Bertz CT molecular complexity index is 641. The zero-order chi connectivity index (χ0) is 18.1. The summed E-state index contributed by atoms with van der Waals surface area (Å²) in [6, 6.07) is 20.4. The molecule has 25 heavy (non-hydrogen) atoms. The van der Waals surface area contributed by atoms with Crippen LogP contribution in [0.2, 0.25) is 0 Å². The molecule has 0 aliphatic heterocycles. The lowest BCUT2D eigenvalue weighted by Crippen LogP contribution is -2.65. The van der Waals surface area contributed by atoms with Gasteiger partial charge in [0.1, 0.15) is 5.66 Å². The highest BCUT2D eigenvalue weighted by atomic mass is 16.2. The van der Waals surface area contributed by atoms with Crippen molar-refractivity contribution in [3.8, 4) is 0 Å². The van der Waals surface area contributed by atoms with Crippen molar-refractivity contribution in [1.82, 2.24) is 5.32 Å². The van der Waals surface area contributed by atoms with Gasteiger partial charge in [-0.2, -0.15) is 0 Å². The van der Waals surface area contributed by atoms with E-state index in [1.165, 1.54) is 11.1 Å². The number of carbonyl (C=O) groups excluding carboxylic acids is 1. The van der Waals surface area contributed by atoms with Gasteiger partial charge in [-0.05, 0) is 42.7 Å². The summed E-state index contributed by atoms with van der Waals surface area (Å²) in [5, 5.41) is 2.88. The Balaban J connectivity index is 1.74. The highest BCUT2D eigenvalue weighted by Gasteiger charge is 2.34. The Labute approximate surface area is 150 Å². The van der Waals surface area contributed by atoms with E-state index in [2.05, 4.69) is 29.6 Å². The Morgan fingerprint density at radius 3 is 2.04 bits per heavy atom. The van der Waals surface area contributed by atoms with Crippen LogP contribution in [0.25, 0.3) is 0 Å². The number of amides is 1. The van der Waals surface area contributed by atoms with Gasteiger partial charge in [0.05, 0.1) is 0 Å². The van der Waals surface area contributed by atoms with Crippen molar-refractivity contribution in [2.45, 2.75) is 38.3 Å². The molecule has 0 radical (unpaired) electrons. The van der Waals surface area contributed by atoms with Crippen molar-refractivity contribution >= 4 is 5.91 Å². The first kappa shape index (κ1) is 19.2. The molecule has 0 spiro atoms. The molecule has 0 bridgehead atoms. The van der Waals surface area contributed by atoms with Crippen LogP contribution >= 0.6 is 0 Å². The first-order valence-electron chi connectivity index (χ1n) is 8.94. The number of rotatable bonds is 9. The average Bonchev–Trinajstić information content (AvgIpc) is 2.64. The minimum absolute atomic E-state index is 0.109. The maximum absolute atomic E-state index is 12.4. The molecule has 0 saturated heterocycles. The Hall–Kier alpha value is -2.17. The largest absolute Gasteiger partial charge is 0.353 e. The number of carbonyl (C=O) groups is 1. The standard InChI is InChI=1S/C21H29N3O/c1-17(14-15-19-11-6-3-7-12-19)21(22,23)20(25)24-16-8-13-18-9-4-2-5-10-18/h2-7,9-12,17H,8,13-16,22-23H2,1H3,(H,24,25). The Morgan fingerprint density at radius 1 is 0.960 bits per heavy atom. The summed E-state index contributed by atoms with van der Waals surface area (Å²) in [5.74, 6) is -0.386. The second-order valence-electron chi connectivity index (χ2n) is 6.70. The SMILES string of the molecule is CC(CCc1ccccc1)C(N)(N)C(=O)NCCCc1ccccc1. The first-order chi connectivity index (χ1) is 12.0. The summed E-state index contributed by atoms with van der Waals surface area (Å²) in [6.45, 7) is 2.52. The molecular formula is C21H29N3O. The molecule has 0 aromatic heterocycles. The lowest BCUT2D eigenvalue weighted by atomic mass is 9.89. The third-order valence-corrected chi connectivity index (χ3v) is 4.69. The normalized spacial score (nSPS) is 12.6. The predicted octanol–water partition coefficient (Wildman–Crippen LogP) is 2.62. The second-order valence-corrected chi connectivity index (χ2v) is 6.70. The van der Waals surface area contributed by atoms with Crippen LogP contribution in [-0.4, -0.2) is 18.1 Å². The highest BCUT2D eigenvalue weighted by Crippen LogP contribution is 2.17. The van der Waals surface area contributed by atoms with Crippen LogP contribution in [0, 0.1) is 5.92 Å². The molecule has 2 aromatic carbocycles. The highest BCUT2D eigenvalue weighted by molar-refractivity contribution is 5.85. The van der Waals surface area contributed by atoms with Gasteiger partial charge in [0.25, 0.3) is 5.91 Å². The number of hydrogen-bond donors (Lipinski definition) is 3. The zero-order valence-electron chi connectivity index (χ0n) is 14.9. The van der Waals surface area contributed by atoms with Gasteiger partial charge in [-0.15, -0.1) is 0 Å². The van der Waals surface area contributed by atoms with E-state index in [1.54, 1.807) is 0 Å². The zero-order valence-corrected chi connectivity index (χ0v) is 14.9. The number of nitrogens with two attached hydrogens (primary N) is 2. The molecule has 0 aliphatic carbocycles. The van der Waals surface area contributed by atoms with E-state index in [-0.39, 0.29) is 11.8 Å². The van der Waals surface area contributed by atoms with E-state index >= 15 is 0 Å². The van der Waals surface area contributed by atoms with E-state index in [4.69, 9.17) is 11.5 Å². The molecule has 0 saturated carbocycles. The molecule has 0 fully saturated rings. The number of nitrogens with one attached hydrogen (secondary N) is 1. The van der Waals surface area contributed by atoms with Crippen LogP contribution < -0.4 is 16.8 Å². The molecule has 2 rings (SSSR count). The molecule has 134 valence electrons. The van der Waals surface area contributed by atoms with Gasteiger partial charge < -0.3 is 16.8 Å². The smallest absolute Gasteiger partial charge is 0.254 e. The lowest BCUT2D eigenvalue weighted by molar-refractivity contribution is -0.128. The van der Waals surface area contributed by atoms with Crippen molar-refractivity contribution < 1.29 is 4.79 Å². The molecule has 4 nitrogen and oxygen atoms in total. The summed E-state index contributed by atoms with van der Waals surface area (Å²) in [4.78, 5) is 12.4. The van der Waals surface area contributed by atoms with Crippen LogP contribution in [0.5, 0.6) is 0 Å². The fraction of sp³-hybridized carbons (Fsp3) is 0.381. The fourth-order valence-electron chi connectivity index (χ4n) is 2.78. The van der Waals surface area contributed by atoms with Crippen LogP contribution in [0.4, 0.5) is 0 Å². The van der Waals surface area contributed by atoms with E-state index in [0.717, 1.165) is 25.7 Å². The van der Waals surface area contributed by atoms with E-state index in [9.17, 15) is 4.79 Å². The lowest BCUT2D eigenvalue weighted by Gasteiger charge is -2.30. The van der Waals surface area contributed by atoms with E-state index in [0.29, 0.717) is 6.54 Å². The maximum Gasteiger partial charge on any atom is 0.254 e. The minimum atomic E-state index is -1.35. The molecule has 1 amide bonds. The summed E-state index contributed by atoms with van der Waals surface area (Å²) < 4.78 is 0. The van der Waals surface area contributed by atoms with Gasteiger partial charge in [-0.3, -0.25) is 4.79 Å². The summed E-state index contributed by atoms with van der Waals surface area (Å²) in [5.41, 5.74) is 13.4. The first-order valence-corrected chi connectivity index (χ1v) is 8.94. The quantitative estimate of drug-likeness (QED) is 0.485. The van der Waals surface area contributed by atoms with Crippen molar-refractivity contribution in [3.63, 3.8) is 0 Å². The van der Waals surface area contributed by atoms with Gasteiger partial charge in [0.15, 0.2) is 0 Å². The van der Waals surface area contributed by atoms with Crippen molar-refractivity contribution in [3.05, 3.63) is 71.8 Å². The number of aryl methyl sites for hydroxylation is 2. The number of hydrogen-bond acceptors (Lipinski definition) is 3. The average molecular weight is 339 g/mol.